The topological polar surface area (TPSA) is 25.8 Å². The van der Waals surface area contributed by atoms with Gasteiger partial charge in [0.25, 0.3) is 0 Å². The van der Waals surface area contributed by atoms with Gasteiger partial charge >= 0.3 is 0 Å². The molecule has 94 valence electrons. The molecule has 0 N–H and O–H groups in total. The molecule has 0 radical (unpaired) electrons. The van der Waals surface area contributed by atoms with Crippen LogP contribution in [0, 0.1) is 0 Å². The number of aromatic nitrogens is 2. The van der Waals surface area contributed by atoms with Gasteiger partial charge in [-0.1, -0.05) is 60.3 Å². The molecule has 0 aliphatic heterocycles. The highest BCUT2D eigenvalue weighted by molar-refractivity contribution is 6.43. The van der Waals surface area contributed by atoms with E-state index in [9.17, 15) is 0 Å². The SMILES string of the molecule is CCCc1c(Cl)ncnc1-c1cccc(Cl)c1Cl. The molecule has 2 nitrogen and oxygen atoms in total. The first-order chi connectivity index (χ1) is 8.65. The van der Waals surface area contributed by atoms with Gasteiger partial charge in [-0.25, -0.2) is 9.97 Å². The molecule has 0 saturated heterocycles. The maximum atomic E-state index is 6.22. The lowest BCUT2D eigenvalue weighted by atomic mass is 10.0. The Balaban J connectivity index is 2.63. The highest BCUT2D eigenvalue weighted by Crippen LogP contribution is 2.35. The van der Waals surface area contributed by atoms with Gasteiger partial charge in [0.15, 0.2) is 0 Å². The highest BCUT2D eigenvalue weighted by atomic mass is 35.5. The lowest BCUT2D eigenvalue weighted by Gasteiger charge is -2.11. The summed E-state index contributed by atoms with van der Waals surface area (Å²) in [5.74, 6) is 0. The van der Waals surface area contributed by atoms with E-state index in [0.717, 1.165) is 29.7 Å². The van der Waals surface area contributed by atoms with Gasteiger partial charge in [-0.05, 0) is 12.5 Å². The molecule has 5 heteroatoms. The van der Waals surface area contributed by atoms with Gasteiger partial charge in [0.05, 0.1) is 15.7 Å². The van der Waals surface area contributed by atoms with E-state index in [2.05, 4.69) is 16.9 Å². The zero-order valence-electron chi connectivity index (χ0n) is 9.75. The van der Waals surface area contributed by atoms with E-state index in [-0.39, 0.29) is 0 Å². The van der Waals surface area contributed by atoms with Crippen molar-refractivity contribution < 1.29 is 0 Å². The summed E-state index contributed by atoms with van der Waals surface area (Å²) in [6.45, 7) is 2.08. The summed E-state index contributed by atoms with van der Waals surface area (Å²) in [5, 5.41) is 1.47. The third kappa shape index (κ3) is 2.61. The van der Waals surface area contributed by atoms with Crippen molar-refractivity contribution in [3.8, 4) is 11.3 Å². The van der Waals surface area contributed by atoms with Crippen molar-refractivity contribution in [2.24, 2.45) is 0 Å². The Morgan fingerprint density at radius 2 is 1.89 bits per heavy atom. The van der Waals surface area contributed by atoms with Crippen molar-refractivity contribution in [3.05, 3.63) is 45.3 Å². The molecule has 0 saturated carbocycles. The van der Waals surface area contributed by atoms with Crippen molar-refractivity contribution in [2.75, 3.05) is 0 Å². The standard InChI is InChI=1S/C13H11Cl3N2/c1-2-4-9-12(17-7-18-13(9)16)8-5-3-6-10(14)11(8)15/h3,5-7H,2,4H2,1H3. The molecular formula is C13H11Cl3N2. The minimum Gasteiger partial charge on any atom is -0.236 e. The minimum atomic E-state index is 0.470. The third-order valence-corrected chi connectivity index (χ3v) is 3.74. The van der Waals surface area contributed by atoms with Gasteiger partial charge < -0.3 is 0 Å². The van der Waals surface area contributed by atoms with Crippen LogP contribution in [0.15, 0.2) is 24.5 Å². The molecule has 0 spiro atoms. The van der Waals surface area contributed by atoms with Gasteiger partial charge in [-0.2, -0.15) is 0 Å². The van der Waals surface area contributed by atoms with E-state index in [1.165, 1.54) is 6.33 Å². The number of nitrogens with zero attached hydrogens (tertiary/aromatic N) is 2. The monoisotopic (exact) mass is 300 g/mol. The number of rotatable bonds is 3. The highest BCUT2D eigenvalue weighted by Gasteiger charge is 2.14. The average Bonchev–Trinajstić information content (AvgIpc) is 2.36. The molecule has 0 aliphatic carbocycles. The maximum absolute atomic E-state index is 6.22. The Hall–Kier alpha value is -0.830. The van der Waals surface area contributed by atoms with E-state index >= 15 is 0 Å². The van der Waals surface area contributed by atoms with E-state index < -0.39 is 0 Å². The molecule has 1 aromatic heterocycles. The maximum Gasteiger partial charge on any atom is 0.136 e. The van der Waals surface area contributed by atoms with Crippen molar-refractivity contribution in [3.63, 3.8) is 0 Å². The number of halogens is 3. The zero-order chi connectivity index (χ0) is 13.1. The Labute approximate surface area is 121 Å². The van der Waals surface area contributed by atoms with Gasteiger partial charge in [-0.3, -0.25) is 0 Å². The molecule has 0 atom stereocenters. The van der Waals surface area contributed by atoms with Crippen LogP contribution >= 0.6 is 34.8 Å². The predicted molar refractivity (Wildman–Crippen MR) is 76.5 cm³/mol. The van der Waals surface area contributed by atoms with Crippen molar-refractivity contribution >= 4 is 34.8 Å². The number of hydrogen-bond donors (Lipinski definition) is 0. The molecule has 0 amide bonds. The first kappa shape index (κ1) is 13.6. The van der Waals surface area contributed by atoms with E-state index in [1.807, 2.05) is 12.1 Å². The van der Waals surface area contributed by atoms with E-state index in [1.54, 1.807) is 6.07 Å². The normalized spacial score (nSPS) is 10.7. The Morgan fingerprint density at radius 3 is 2.61 bits per heavy atom. The lowest BCUT2D eigenvalue weighted by molar-refractivity contribution is 0.904. The van der Waals surface area contributed by atoms with Gasteiger partial charge in [0.1, 0.15) is 11.5 Å². The summed E-state index contributed by atoms with van der Waals surface area (Å²) in [4.78, 5) is 8.31. The summed E-state index contributed by atoms with van der Waals surface area (Å²) in [7, 11) is 0. The van der Waals surface area contributed by atoms with Crippen LogP contribution in [0.1, 0.15) is 18.9 Å². The van der Waals surface area contributed by atoms with Crippen LogP contribution in [0.3, 0.4) is 0 Å². The molecular weight excluding hydrogens is 291 g/mol. The van der Waals surface area contributed by atoms with Crippen LogP contribution in [0.5, 0.6) is 0 Å². The fourth-order valence-electron chi connectivity index (χ4n) is 1.78. The van der Waals surface area contributed by atoms with Crippen molar-refractivity contribution in [1.29, 1.82) is 0 Å². The van der Waals surface area contributed by atoms with Crippen molar-refractivity contribution in [2.45, 2.75) is 19.8 Å². The summed E-state index contributed by atoms with van der Waals surface area (Å²) in [5.41, 5.74) is 2.45. The molecule has 2 aromatic rings. The molecule has 1 heterocycles. The molecule has 0 aliphatic rings. The Morgan fingerprint density at radius 1 is 1.11 bits per heavy atom. The van der Waals surface area contributed by atoms with E-state index in [4.69, 9.17) is 34.8 Å². The van der Waals surface area contributed by atoms with Crippen molar-refractivity contribution in [1.82, 2.24) is 9.97 Å². The second-order valence-electron chi connectivity index (χ2n) is 3.84. The lowest BCUT2D eigenvalue weighted by Crippen LogP contribution is -1.97. The first-order valence-electron chi connectivity index (χ1n) is 5.59. The first-order valence-corrected chi connectivity index (χ1v) is 6.72. The molecule has 0 fully saturated rings. The van der Waals surface area contributed by atoms with Gasteiger partial charge in [-0.15, -0.1) is 0 Å². The molecule has 1 aromatic carbocycles. The predicted octanol–water partition coefficient (Wildman–Crippen LogP) is 5.06. The summed E-state index contributed by atoms with van der Waals surface area (Å²) < 4.78 is 0. The summed E-state index contributed by atoms with van der Waals surface area (Å²) in [6.07, 6.45) is 3.20. The molecule has 18 heavy (non-hydrogen) atoms. The summed E-state index contributed by atoms with van der Waals surface area (Å²) in [6, 6.07) is 5.47. The number of benzene rings is 1. The van der Waals surface area contributed by atoms with Crippen LogP contribution in [-0.2, 0) is 6.42 Å². The minimum absolute atomic E-state index is 0.470. The second-order valence-corrected chi connectivity index (χ2v) is 4.99. The number of hydrogen-bond acceptors (Lipinski definition) is 2. The molecule has 0 unspecified atom stereocenters. The fourth-order valence-corrected chi connectivity index (χ4v) is 2.40. The van der Waals surface area contributed by atoms with Gasteiger partial charge in [0, 0.05) is 11.1 Å². The molecule has 0 bridgehead atoms. The third-order valence-electron chi connectivity index (χ3n) is 2.60. The largest absolute Gasteiger partial charge is 0.236 e. The van der Waals surface area contributed by atoms with E-state index in [0.29, 0.717) is 15.2 Å². The van der Waals surface area contributed by atoms with Crippen LogP contribution in [0.25, 0.3) is 11.3 Å². The Bertz CT molecular complexity index is 570. The smallest absolute Gasteiger partial charge is 0.136 e. The average molecular weight is 302 g/mol. The second kappa shape index (κ2) is 5.87. The van der Waals surface area contributed by atoms with Crippen LogP contribution in [0.4, 0.5) is 0 Å². The van der Waals surface area contributed by atoms with Crippen LogP contribution in [-0.4, -0.2) is 9.97 Å². The summed E-state index contributed by atoms with van der Waals surface area (Å²) >= 11 is 18.4. The Kier molecular flexibility index (Phi) is 4.44. The quantitative estimate of drug-likeness (QED) is 0.741. The van der Waals surface area contributed by atoms with Crippen LogP contribution < -0.4 is 0 Å². The fraction of sp³-hybridized carbons (Fsp3) is 0.231. The van der Waals surface area contributed by atoms with Crippen LogP contribution in [0.2, 0.25) is 15.2 Å². The van der Waals surface area contributed by atoms with Gasteiger partial charge in [0.2, 0.25) is 0 Å². The zero-order valence-corrected chi connectivity index (χ0v) is 12.0. The molecule has 2 rings (SSSR count).